The van der Waals surface area contributed by atoms with E-state index in [1.54, 1.807) is 6.07 Å². The van der Waals surface area contributed by atoms with Gasteiger partial charge in [0.1, 0.15) is 0 Å². The molecule has 0 fully saturated rings. The summed E-state index contributed by atoms with van der Waals surface area (Å²) in [5, 5.41) is 9.54. The Balaban J connectivity index is 3.11. The van der Waals surface area contributed by atoms with Crippen molar-refractivity contribution >= 4 is 9.84 Å². The van der Waals surface area contributed by atoms with Gasteiger partial charge >= 0.3 is 6.18 Å². The van der Waals surface area contributed by atoms with Crippen LogP contribution in [0.3, 0.4) is 0 Å². The minimum absolute atomic E-state index is 0.187. The second-order valence-electron chi connectivity index (χ2n) is 4.84. The van der Waals surface area contributed by atoms with Crippen molar-refractivity contribution in [3.8, 4) is 0 Å². The molecular formula is C12H15F3O3S. The molecule has 0 spiro atoms. The minimum atomic E-state index is -4.79. The summed E-state index contributed by atoms with van der Waals surface area (Å²) in [7, 11) is -4.11. The number of sulfone groups is 1. The normalized spacial score (nSPS) is 15.3. The van der Waals surface area contributed by atoms with Crippen LogP contribution in [-0.2, 0) is 9.84 Å². The first-order valence-electron chi connectivity index (χ1n) is 5.51. The lowest BCUT2D eigenvalue weighted by molar-refractivity contribution is -0.211. The maximum absolute atomic E-state index is 12.8. The number of alkyl halides is 3. The van der Waals surface area contributed by atoms with Gasteiger partial charge in [-0.2, -0.15) is 13.2 Å². The third kappa shape index (κ3) is 4.21. The highest BCUT2D eigenvalue weighted by Gasteiger charge is 2.50. The molecule has 1 aromatic carbocycles. The van der Waals surface area contributed by atoms with Gasteiger partial charge in [0.25, 0.3) is 0 Å². The first-order chi connectivity index (χ1) is 8.44. The van der Waals surface area contributed by atoms with Gasteiger partial charge in [0.2, 0.25) is 0 Å². The lowest BCUT2D eigenvalue weighted by Gasteiger charge is -2.30. The van der Waals surface area contributed by atoms with Crippen LogP contribution in [-0.4, -0.2) is 31.1 Å². The third-order valence-electron chi connectivity index (χ3n) is 2.74. The smallest absolute Gasteiger partial charge is 0.390 e. The average Bonchev–Trinajstić information content (AvgIpc) is 2.24. The maximum Gasteiger partial charge on any atom is 0.395 e. The average molecular weight is 296 g/mol. The molecule has 0 saturated heterocycles. The van der Waals surface area contributed by atoms with Crippen LogP contribution >= 0.6 is 0 Å². The molecule has 0 aliphatic heterocycles. The fourth-order valence-electron chi connectivity index (χ4n) is 1.64. The highest BCUT2D eigenvalue weighted by molar-refractivity contribution is 7.91. The zero-order valence-electron chi connectivity index (χ0n) is 10.5. The van der Waals surface area contributed by atoms with Crippen molar-refractivity contribution in [1.29, 1.82) is 0 Å². The van der Waals surface area contributed by atoms with Crippen molar-refractivity contribution in [2.45, 2.75) is 30.5 Å². The lowest BCUT2D eigenvalue weighted by Crippen LogP contribution is -2.45. The second-order valence-corrected chi connectivity index (χ2v) is 6.88. The summed E-state index contributed by atoms with van der Waals surface area (Å²) in [5.74, 6) is -3.52. The summed E-state index contributed by atoms with van der Waals surface area (Å²) >= 11 is 0. The van der Waals surface area contributed by atoms with Crippen molar-refractivity contribution < 1.29 is 26.7 Å². The van der Waals surface area contributed by atoms with Gasteiger partial charge in [0.05, 0.1) is 22.2 Å². The van der Waals surface area contributed by atoms with Crippen LogP contribution in [0.5, 0.6) is 0 Å². The van der Waals surface area contributed by atoms with Gasteiger partial charge in [-0.25, -0.2) is 8.42 Å². The van der Waals surface area contributed by atoms with E-state index in [0.717, 1.165) is 13.8 Å². The first-order valence-corrected chi connectivity index (χ1v) is 7.17. The molecule has 19 heavy (non-hydrogen) atoms. The quantitative estimate of drug-likeness (QED) is 0.928. The Morgan fingerprint density at radius 2 is 1.63 bits per heavy atom. The van der Waals surface area contributed by atoms with E-state index in [2.05, 4.69) is 0 Å². The predicted molar refractivity (Wildman–Crippen MR) is 64.3 cm³/mol. The molecule has 0 saturated carbocycles. The molecule has 0 radical (unpaired) electrons. The highest BCUT2D eigenvalue weighted by atomic mass is 32.2. The molecule has 0 aliphatic carbocycles. The standard InChI is InChI=1S/C12H15F3O3S/c1-11(2,16)10(12(13,14)15)8-19(17,18)9-6-4-3-5-7-9/h3-7,10,16H,8H2,1-2H3. The molecule has 3 nitrogen and oxygen atoms in total. The summed E-state index contributed by atoms with van der Waals surface area (Å²) in [6.45, 7) is 1.90. The van der Waals surface area contributed by atoms with E-state index in [1.807, 2.05) is 0 Å². The first kappa shape index (κ1) is 16.0. The molecule has 1 atom stereocenters. The molecule has 108 valence electrons. The topological polar surface area (TPSA) is 54.4 Å². The summed E-state index contributed by atoms with van der Waals surface area (Å²) in [6.07, 6.45) is -4.79. The molecule has 0 aliphatic rings. The van der Waals surface area contributed by atoms with Crippen molar-refractivity contribution in [2.24, 2.45) is 5.92 Å². The van der Waals surface area contributed by atoms with Crippen LogP contribution in [0.15, 0.2) is 35.2 Å². The van der Waals surface area contributed by atoms with Crippen LogP contribution in [0.1, 0.15) is 13.8 Å². The molecule has 1 rings (SSSR count). The van der Waals surface area contributed by atoms with Crippen LogP contribution in [0.25, 0.3) is 0 Å². The van der Waals surface area contributed by atoms with Crippen LogP contribution in [0.4, 0.5) is 13.2 Å². The Hall–Kier alpha value is -1.08. The van der Waals surface area contributed by atoms with Crippen molar-refractivity contribution in [3.63, 3.8) is 0 Å². The predicted octanol–water partition coefficient (Wildman–Crippen LogP) is 2.41. The van der Waals surface area contributed by atoms with Crippen molar-refractivity contribution in [3.05, 3.63) is 30.3 Å². The van der Waals surface area contributed by atoms with E-state index in [0.29, 0.717) is 0 Å². The number of halogens is 3. The van der Waals surface area contributed by atoms with Gasteiger partial charge in [-0.3, -0.25) is 0 Å². The summed E-state index contributed by atoms with van der Waals surface area (Å²) in [4.78, 5) is -0.187. The highest BCUT2D eigenvalue weighted by Crippen LogP contribution is 2.36. The van der Waals surface area contributed by atoms with E-state index in [4.69, 9.17) is 0 Å². The fraction of sp³-hybridized carbons (Fsp3) is 0.500. The SMILES string of the molecule is CC(C)(O)C(CS(=O)(=O)c1ccccc1)C(F)(F)F. The van der Waals surface area contributed by atoms with Crippen molar-refractivity contribution in [1.82, 2.24) is 0 Å². The Kier molecular flexibility index (Phi) is 4.31. The molecule has 0 aromatic heterocycles. The molecule has 0 bridgehead atoms. The van der Waals surface area contributed by atoms with Gasteiger partial charge in [0.15, 0.2) is 9.84 Å². The van der Waals surface area contributed by atoms with Gasteiger partial charge in [-0.05, 0) is 26.0 Å². The summed E-state index contributed by atoms with van der Waals surface area (Å²) < 4.78 is 62.4. The summed E-state index contributed by atoms with van der Waals surface area (Å²) in [5.41, 5.74) is -2.17. The maximum atomic E-state index is 12.8. The van der Waals surface area contributed by atoms with E-state index < -0.39 is 33.3 Å². The van der Waals surface area contributed by atoms with Gasteiger partial charge < -0.3 is 5.11 Å². The number of rotatable bonds is 4. The largest absolute Gasteiger partial charge is 0.395 e. The Morgan fingerprint density at radius 3 is 2.00 bits per heavy atom. The fourth-order valence-corrected chi connectivity index (χ4v) is 3.44. The van der Waals surface area contributed by atoms with Gasteiger partial charge in [0, 0.05) is 0 Å². The molecule has 7 heteroatoms. The Labute approximate surface area is 110 Å². The zero-order chi connectivity index (χ0) is 14.9. The van der Waals surface area contributed by atoms with Gasteiger partial charge in [-0.15, -0.1) is 0 Å². The second kappa shape index (κ2) is 5.13. The minimum Gasteiger partial charge on any atom is -0.390 e. The van der Waals surface area contributed by atoms with E-state index in [9.17, 15) is 26.7 Å². The molecule has 1 aromatic rings. The third-order valence-corrected chi connectivity index (χ3v) is 4.50. The number of benzene rings is 1. The number of hydrogen-bond donors (Lipinski definition) is 1. The lowest BCUT2D eigenvalue weighted by atomic mass is 9.92. The van der Waals surface area contributed by atoms with E-state index in [1.165, 1.54) is 24.3 Å². The number of aliphatic hydroxyl groups is 1. The molecule has 1 N–H and O–H groups in total. The van der Waals surface area contributed by atoms with Gasteiger partial charge in [-0.1, -0.05) is 18.2 Å². The van der Waals surface area contributed by atoms with Crippen LogP contribution in [0, 0.1) is 5.92 Å². The van der Waals surface area contributed by atoms with E-state index >= 15 is 0 Å². The molecule has 1 unspecified atom stereocenters. The monoisotopic (exact) mass is 296 g/mol. The Bertz CT molecular complexity index is 501. The van der Waals surface area contributed by atoms with Crippen molar-refractivity contribution in [2.75, 3.05) is 5.75 Å². The Morgan fingerprint density at radius 1 is 1.16 bits per heavy atom. The van der Waals surface area contributed by atoms with Crippen LogP contribution in [0.2, 0.25) is 0 Å². The van der Waals surface area contributed by atoms with Crippen LogP contribution < -0.4 is 0 Å². The van der Waals surface area contributed by atoms with E-state index in [-0.39, 0.29) is 4.90 Å². The molecule has 0 heterocycles. The molecular weight excluding hydrogens is 281 g/mol. The number of hydrogen-bond acceptors (Lipinski definition) is 3. The molecule has 0 amide bonds. The summed E-state index contributed by atoms with van der Waals surface area (Å²) in [6, 6.07) is 6.88. The zero-order valence-corrected chi connectivity index (χ0v) is 11.3.